The first-order chi connectivity index (χ1) is 13.8. The van der Waals surface area contributed by atoms with E-state index in [1.807, 2.05) is 19.9 Å². The van der Waals surface area contributed by atoms with Gasteiger partial charge in [-0.1, -0.05) is 29.3 Å². The van der Waals surface area contributed by atoms with E-state index in [1.54, 1.807) is 18.2 Å². The van der Waals surface area contributed by atoms with Gasteiger partial charge in [-0.15, -0.1) is 0 Å². The van der Waals surface area contributed by atoms with E-state index in [0.29, 0.717) is 16.0 Å². The van der Waals surface area contributed by atoms with Gasteiger partial charge in [-0.2, -0.15) is 0 Å². The number of hydrogen-bond donors (Lipinski definition) is 0. The van der Waals surface area contributed by atoms with Crippen LogP contribution < -0.4 is 10.2 Å². The molecule has 0 aliphatic rings. The van der Waals surface area contributed by atoms with Crippen molar-refractivity contribution < 1.29 is 18.4 Å². The zero-order chi connectivity index (χ0) is 20.7. The van der Waals surface area contributed by atoms with Crippen LogP contribution in [0.15, 0.2) is 62.4 Å². The molecule has 0 amide bonds. The lowest BCUT2D eigenvalue weighted by Crippen LogP contribution is -2.17. The van der Waals surface area contributed by atoms with Gasteiger partial charge in [-0.3, -0.25) is 4.79 Å². The Balaban J connectivity index is 1.92. The monoisotopic (exact) mass is 428 g/mol. The van der Waals surface area contributed by atoms with Crippen LogP contribution in [-0.2, 0) is 0 Å². The summed E-state index contributed by atoms with van der Waals surface area (Å²) in [5, 5.41) is 0.792. The summed E-state index contributed by atoms with van der Waals surface area (Å²) in [5.74, 6) is -0.796. The van der Waals surface area contributed by atoms with Crippen LogP contribution in [0.4, 0.5) is 0 Å². The highest BCUT2D eigenvalue weighted by molar-refractivity contribution is 6.36. The van der Waals surface area contributed by atoms with Crippen molar-refractivity contribution in [2.75, 3.05) is 0 Å². The van der Waals surface area contributed by atoms with Crippen LogP contribution in [0.3, 0.4) is 0 Å². The molecular formula is C22H14Cl2O5. The van der Waals surface area contributed by atoms with Crippen LogP contribution in [0, 0.1) is 13.8 Å². The Morgan fingerprint density at radius 3 is 2.55 bits per heavy atom. The molecule has 0 spiro atoms. The molecule has 0 saturated heterocycles. The van der Waals surface area contributed by atoms with E-state index in [9.17, 15) is 9.59 Å². The molecule has 5 nitrogen and oxygen atoms in total. The third-order valence-electron chi connectivity index (χ3n) is 4.37. The second-order valence-corrected chi connectivity index (χ2v) is 7.38. The van der Waals surface area contributed by atoms with E-state index < -0.39 is 11.4 Å². The fraction of sp³-hybridized carbons (Fsp3) is 0.0909. The number of hydrogen-bond acceptors (Lipinski definition) is 5. The van der Waals surface area contributed by atoms with E-state index in [0.717, 1.165) is 11.1 Å². The van der Waals surface area contributed by atoms with Gasteiger partial charge in [-0.05, 0) is 61.4 Å². The zero-order valence-electron chi connectivity index (χ0n) is 15.4. The van der Waals surface area contributed by atoms with Crippen molar-refractivity contribution in [1.82, 2.24) is 0 Å². The van der Waals surface area contributed by atoms with Crippen LogP contribution in [0.2, 0.25) is 10.0 Å². The maximum atomic E-state index is 13.2. The summed E-state index contributed by atoms with van der Waals surface area (Å²) in [4.78, 5) is 26.0. The van der Waals surface area contributed by atoms with Crippen molar-refractivity contribution in [3.63, 3.8) is 0 Å². The van der Waals surface area contributed by atoms with Gasteiger partial charge in [0.2, 0.25) is 16.9 Å². The van der Waals surface area contributed by atoms with E-state index in [2.05, 4.69) is 0 Å². The molecule has 7 heteroatoms. The molecule has 4 aromatic rings. The number of carbonyl (C=O) groups excluding carboxylic acids is 1. The summed E-state index contributed by atoms with van der Waals surface area (Å²) in [6, 6.07) is 11.2. The van der Waals surface area contributed by atoms with Crippen molar-refractivity contribution in [3.8, 4) is 17.3 Å². The summed E-state index contributed by atoms with van der Waals surface area (Å²) >= 11 is 12.0. The standard InChI is InChI=1S/C22H14Cl2O5/c1-11-8-12(2)19-15(9-11)18(25)21(20(28-19)17-4-3-7-27-17)29-22(26)14-6-5-13(23)10-16(14)24/h3-10H,1-2H3. The summed E-state index contributed by atoms with van der Waals surface area (Å²) in [6.07, 6.45) is 1.43. The Morgan fingerprint density at radius 1 is 1.07 bits per heavy atom. The molecule has 4 rings (SSSR count). The summed E-state index contributed by atoms with van der Waals surface area (Å²) < 4.78 is 16.8. The number of benzene rings is 2. The van der Waals surface area contributed by atoms with Gasteiger partial charge in [0.1, 0.15) is 5.58 Å². The van der Waals surface area contributed by atoms with Crippen LogP contribution in [0.5, 0.6) is 5.75 Å². The van der Waals surface area contributed by atoms with Gasteiger partial charge in [-0.25, -0.2) is 4.79 Å². The van der Waals surface area contributed by atoms with Gasteiger partial charge in [0.15, 0.2) is 5.76 Å². The number of carbonyl (C=O) groups is 1. The molecular weight excluding hydrogens is 415 g/mol. The van der Waals surface area contributed by atoms with E-state index in [4.69, 9.17) is 36.8 Å². The van der Waals surface area contributed by atoms with Gasteiger partial charge >= 0.3 is 5.97 Å². The highest BCUT2D eigenvalue weighted by atomic mass is 35.5. The van der Waals surface area contributed by atoms with E-state index in [-0.39, 0.29) is 27.9 Å². The summed E-state index contributed by atoms with van der Waals surface area (Å²) in [5.41, 5.74) is 1.65. The number of furan rings is 1. The molecule has 0 atom stereocenters. The van der Waals surface area contributed by atoms with Crippen molar-refractivity contribution in [2.45, 2.75) is 13.8 Å². The predicted octanol–water partition coefficient (Wildman–Crippen LogP) is 6.20. The molecule has 0 N–H and O–H groups in total. The van der Waals surface area contributed by atoms with Gasteiger partial charge < -0.3 is 13.6 Å². The first kappa shape index (κ1) is 19.3. The Labute approximate surface area is 175 Å². The third kappa shape index (κ3) is 3.55. The number of fused-ring (bicyclic) bond motifs is 1. The number of aryl methyl sites for hydroxylation is 2. The normalized spacial score (nSPS) is 11.0. The molecule has 0 radical (unpaired) electrons. The molecule has 0 aliphatic heterocycles. The van der Waals surface area contributed by atoms with Gasteiger partial charge in [0.25, 0.3) is 0 Å². The van der Waals surface area contributed by atoms with Crippen LogP contribution in [0.1, 0.15) is 21.5 Å². The molecule has 146 valence electrons. The summed E-state index contributed by atoms with van der Waals surface area (Å²) in [7, 11) is 0. The van der Waals surface area contributed by atoms with Gasteiger partial charge in [0, 0.05) is 5.02 Å². The molecule has 0 aliphatic carbocycles. The first-order valence-electron chi connectivity index (χ1n) is 8.64. The maximum Gasteiger partial charge on any atom is 0.345 e. The highest BCUT2D eigenvalue weighted by Crippen LogP contribution is 2.33. The van der Waals surface area contributed by atoms with Crippen molar-refractivity contribution >= 4 is 40.1 Å². The Bertz CT molecular complexity index is 1300. The lowest BCUT2D eigenvalue weighted by atomic mass is 10.1. The minimum Gasteiger partial charge on any atom is -0.461 e. The largest absolute Gasteiger partial charge is 0.461 e. The number of esters is 1. The molecule has 0 unspecified atom stereocenters. The molecule has 0 saturated carbocycles. The van der Waals surface area contributed by atoms with Gasteiger partial charge in [0.05, 0.1) is 22.2 Å². The topological polar surface area (TPSA) is 69.7 Å². The van der Waals surface area contributed by atoms with Crippen molar-refractivity contribution in [2.24, 2.45) is 0 Å². The number of halogens is 2. The first-order valence-corrected chi connectivity index (χ1v) is 9.40. The Hall–Kier alpha value is -3.02. The van der Waals surface area contributed by atoms with Crippen molar-refractivity contribution in [3.05, 3.63) is 85.7 Å². The number of rotatable bonds is 3. The van der Waals surface area contributed by atoms with Crippen LogP contribution >= 0.6 is 23.2 Å². The third-order valence-corrected chi connectivity index (χ3v) is 4.92. The smallest absolute Gasteiger partial charge is 0.345 e. The summed E-state index contributed by atoms with van der Waals surface area (Å²) in [6.45, 7) is 3.70. The quantitative estimate of drug-likeness (QED) is 0.363. The lowest BCUT2D eigenvalue weighted by molar-refractivity contribution is 0.0731. The molecule has 2 aromatic heterocycles. The average Bonchev–Trinajstić information content (AvgIpc) is 3.18. The Morgan fingerprint density at radius 2 is 1.86 bits per heavy atom. The lowest BCUT2D eigenvalue weighted by Gasteiger charge is -2.11. The average molecular weight is 429 g/mol. The molecule has 29 heavy (non-hydrogen) atoms. The minimum absolute atomic E-state index is 0.0258. The molecule has 0 bridgehead atoms. The Kier molecular flexibility index (Phi) is 4.94. The minimum atomic E-state index is -0.810. The SMILES string of the molecule is Cc1cc(C)c2oc(-c3ccco3)c(OC(=O)c3ccc(Cl)cc3Cl)c(=O)c2c1. The highest BCUT2D eigenvalue weighted by Gasteiger charge is 2.24. The second kappa shape index (κ2) is 7.43. The fourth-order valence-corrected chi connectivity index (χ4v) is 3.58. The number of ether oxygens (including phenoxy) is 1. The fourth-order valence-electron chi connectivity index (χ4n) is 3.10. The molecule has 2 aromatic carbocycles. The van der Waals surface area contributed by atoms with E-state index in [1.165, 1.54) is 24.5 Å². The second-order valence-electron chi connectivity index (χ2n) is 6.54. The molecule has 2 heterocycles. The predicted molar refractivity (Wildman–Crippen MR) is 111 cm³/mol. The zero-order valence-corrected chi connectivity index (χ0v) is 16.9. The van der Waals surface area contributed by atoms with Crippen molar-refractivity contribution in [1.29, 1.82) is 0 Å². The molecule has 0 fully saturated rings. The maximum absolute atomic E-state index is 13.2. The van der Waals surface area contributed by atoms with Crippen LogP contribution in [-0.4, -0.2) is 5.97 Å². The van der Waals surface area contributed by atoms with Crippen LogP contribution in [0.25, 0.3) is 22.5 Å². The van der Waals surface area contributed by atoms with E-state index >= 15 is 0 Å².